The number of benzene rings is 1. The van der Waals surface area contributed by atoms with Crippen molar-refractivity contribution in [3.05, 3.63) is 28.2 Å². The van der Waals surface area contributed by atoms with E-state index in [2.05, 4.69) is 31.9 Å². The van der Waals surface area contributed by atoms with Crippen LogP contribution in [0.5, 0.6) is 5.75 Å². The van der Waals surface area contributed by atoms with Gasteiger partial charge in [0.25, 0.3) is 0 Å². The third kappa shape index (κ3) is 5.85. The summed E-state index contributed by atoms with van der Waals surface area (Å²) in [6.45, 7) is 2.55. The van der Waals surface area contributed by atoms with Crippen LogP contribution in [-0.4, -0.2) is 12.4 Å². The van der Waals surface area contributed by atoms with Crippen LogP contribution in [0.3, 0.4) is 0 Å². The second-order valence-electron chi connectivity index (χ2n) is 4.21. The molecule has 0 saturated carbocycles. The molecule has 0 bridgehead atoms. The smallest absolute Gasteiger partial charge is 0.405 e. The number of alkyl halides is 3. The molecule has 0 amide bonds. The van der Waals surface area contributed by atoms with Gasteiger partial charge in [0, 0.05) is 19.0 Å². The van der Waals surface area contributed by atoms with Gasteiger partial charge in [-0.15, -0.1) is 25.5 Å². The van der Waals surface area contributed by atoms with Crippen molar-refractivity contribution < 1.29 is 17.9 Å². The Morgan fingerprint density at radius 3 is 2.65 bits per heavy atom. The van der Waals surface area contributed by atoms with Crippen molar-refractivity contribution in [3.63, 3.8) is 0 Å². The maximum Gasteiger partial charge on any atom is 0.573 e. The topological polar surface area (TPSA) is 21.3 Å². The zero-order chi connectivity index (χ0) is 15.2. The predicted octanol–water partition coefficient (Wildman–Crippen LogP) is 4.24. The van der Waals surface area contributed by atoms with Gasteiger partial charge in [-0.25, -0.2) is 0 Å². The highest BCUT2D eigenvalue weighted by Gasteiger charge is 2.31. The fourth-order valence-corrected chi connectivity index (χ4v) is 2.13. The molecule has 2 nitrogen and oxygen atoms in total. The second-order valence-corrected chi connectivity index (χ2v) is 5.06. The van der Waals surface area contributed by atoms with E-state index < -0.39 is 6.36 Å². The van der Waals surface area contributed by atoms with Crippen LogP contribution >= 0.6 is 15.9 Å². The lowest BCUT2D eigenvalue weighted by Crippen LogP contribution is -2.27. The first-order valence-corrected chi connectivity index (χ1v) is 6.86. The minimum Gasteiger partial charge on any atom is -0.405 e. The van der Waals surface area contributed by atoms with Crippen LogP contribution in [0.2, 0.25) is 0 Å². The number of hydrogen-bond acceptors (Lipinski definition) is 2. The molecular weight excluding hydrogens is 335 g/mol. The highest BCUT2D eigenvalue weighted by Crippen LogP contribution is 2.31. The molecule has 0 radical (unpaired) electrons. The zero-order valence-electron chi connectivity index (χ0n) is 10.9. The van der Waals surface area contributed by atoms with E-state index in [1.54, 1.807) is 12.1 Å². The largest absolute Gasteiger partial charge is 0.573 e. The normalized spacial score (nSPS) is 12.8. The Balaban J connectivity index is 2.66. The van der Waals surface area contributed by atoms with Gasteiger partial charge in [0.15, 0.2) is 0 Å². The fraction of sp³-hybridized carbons (Fsp3) is 0.429. The molecule has 20 heavy (non-hydrogen) atoms. The summed E-state index contributed by atoms with van der Waals surface area (Å²) in [4.78, 5) is 0. The Morgan fingerprint density at radius 1 is 1.45 bits per heavy atom. The van der Waals surface area contributed by atoms with Crippen LogP contribution in [-0.2, 0) is 6.54 Å². The SMILES string of the molecule is C#CCC(CC)NCc1ccc(OC(F)(F)F)c(Br)c1. The molecule has 110 valence electrons. The Labute approximate surface area is 124 Å². The first kappa shape index (κ1) is 16.9. The number of rotatable bonds is 6. The van der Waals surface area contributed by atoms with E-state index in [0.29, 0.717) is 13.0 Å². The average molecular weight is 350 g/mol. The summed E-state index contributed by atoms with van der Waals surface area (Å²) >= 11 is 3.07. The van der Waals surface area contributed by atoms with Crippen molar-refractivity contribution in [1.29, 1.82) is 0 Å². The first-order valence-electron chi connectivity index (χ1n) is 6.06. The van der Waals surface area contributed by atoms with Crippen LogP contribution in [0.25, 0.3) is 0 Å². The molecule has 0 aromatic heterocycles. The highest BCUT2D eigenvalue weighted by molar-refractivity contribution is 9.10. The molecule has 0 aliphatic rings. The van der Waals surface area contributed by atoms with Crippen molar-refractivity contribution >= 4 is 15.9 Å². The Morgan fingerprint density at radius 2 is 2.15 bits per heavy atom. The summed E-state index contributed by atoms with van der Waals surface area (Å²) in [5.74, 6) is 2.33. The van der Waals surface area contributed by atoms with Crippen molar-refractivity contribution in [2.45, 2.75) is 38.7 Å². The number of terminal acetylenes is 1. The summed E-state index contributed by atoms with van der Waals surface area (Å²) in [5.41, 5.74) is 0.849. The number of halogens is 4. The molecular formula is C14H15BrF3NO. The summed E-state index contributed by atoms with van der Waals surface area (Å²) in [6, 6.07) is 4.67. The quantitative estimate of drug-likeness (QED) is 0.775. The third-order valence-corrected chi connectivity index (χ3v) is 3.29. The average Bonchev–Trinajstić information content (AvgIpc) is 2.36. The van der Waals surface area contributed by atoms with Crippen LogP contribution in [0.4, 0.5) is 13.2 Å². The van der Waals surface area contributed by atoms with Crippen molar-refractivity contribution in [3.8, 4) is 18.1 Å². The third-order valence-electron chi connectivity index (χ3n) is 2.67. The van der Waals surface area contributed by atoms with Gasteiger partial charge in [-0.05, 0) is 40.0 Å². The molecule has 6 heteroatoms. The van der Waals surface area contributed by atoms with E-state index in [4.69, 9.17) is 6.42 Å². The highest BCUT2D eigenvalue weighted by atomic mass is 79.9. The molecule has 1 unspecified atom stereocenters. The van der Waals surface area contributed by atoms with Gasteiger partial charge in [-0.1, -0.05) is 13.0 Å². The monoisotopic (exact) mass is 349 g/mol. The molecule has 1 N–H and O–H groups in total. The van der Waals surface area contributed by atoms with E-state index in [-0.39, 0.29) is 16.3 Å². The van der Waals surface area contributed by atoms with Crippen LogP contribution < -0.4 is 10.1 Å². The van der Waals surface area contributed by atoms with Crippen molar-refractivity contribution in [2.24, 2.45) is 0 Å². The van der Waals surface area contributed by atoms with Crippen molar-refractivity contribution in [2.75, 3.05) is 0 Å². The fourth-order valence-electron chi connectivity index (χ4n) is 1.63. The molecule has 1 atom stereocenters. The van der Waals surface area contributed by atoms with Crippen LogP contribution in [0.1, 0.15) is 25.3 Å². The molecule has 0 spiro atoms. The molecule has 0 saturated heterocycles. The molecule has 0 aliphatic heterocycles. The molecule has 1 aromatic rings. The standard InChI is InChI=1S/C14H15BrF3NO/c1-3-5-11(4-2)19-9-10-6-7-13(12(15)8-10)20-14(16,17)18/h1,6-8,11,19H,4-5,9H2,2H3. The van der Waals surface area contributed by atoms with Crippen molar-refractivity contribution in [1.82, 2.24) is 5.32 Å². The molecule has 0 heterocycles. The lowest BCUT2D eigenvalue weighted by Gasteiger charge is -2.15. The van der Waals surface area contributed by atoms with E-state index >= 15 is 0 Å². The summed E-state index contributed by atoms with van der Waals surface area (Å²) in [7, 11) is 0. The predicted molar refractivity (Wildman–Crippen MR) is 75.2 cm³/mol. The zero-order valence-corrected chi connectivity index (χ0v) is 12.5. The van der Waals surface area contributed by atoms with Crippen LogP contribution in [0, 0.1) is 12.3 Å². The minimum atomic E-state index is -4.69. The Bertz CT molecular complexity index is 482. The van der Waals surface area contributed by atoms with Gasteiger partial charge in [0.1, 0.15) is 5.75 Å². The Kier molecular flexibility index (Phi) is 6.37. The summed E-state index contributed by atoms with van der Waals surface area (Å²) < 4.78 is 40.5. The summed E-state index contributed by atoms with van der Waals surface area (Å²) in [5, 5.41) is 3.26. The van der Waals surface area contributed by atoms with E-state index in [9.17, 15) is 13.2 Å². The lowest BCUT2D eigenvalue weighted by atomic mass is 10.1. The van der Waals surface area contributed by atoms with Gasteiger partial charge < -0.3 is 10.1 Å². The Hall–Kier alpha value is -1.19. The van der Waals surface area contributed by atoms with Gasteiger partial charge >= 0.3 is 6.36 Å². The molecule has 1 rings (SSSR count). The number of ether oxygens (including phenoxy) is 1. The van der Waals surface area contributed by atoms with Gasteiger partial charge in [-0.3, -0.25) is 0 Å². The second kappa shape index (κ2) is 7.55. The van der Waals surface area contributed by atoms with Gasteiger partial charge in [0.2, 0.25) is 0 Å². The minimum absolute atomic E-state index is 0.199. The molecule has 0 fully saturated rings. The van der Waals surface area contributed by atoms with E-state index in [0.717, 1.165) is 12.0 Å². The lowest BCUT2D eigenvalue weighted by molar-refractivity contribution is -0.274. The van der Waals surface area contributed by atoms with E-state index in [1.807, 2.05) is 6.92 Å². The van der Waals surface area contributed by atoms with Gasteiger partial charge in [-0.2, -0.15) is 0 Å². The maximum absolute atomic E-state index is 12.1. The number of hydrogen-bond donors (Lipinski definition) is 1. The van der Waals surface area contributed by atoms with Gasteiger partial charge in [0.05, 0.1) is 4.47 Å². The summed E-state index contributed by atoms with van der Waals surface area (Å²) in [6.07, 6.45) is 2.07. The number of nitrogens with one attached hydrogen (secondary N) is 1. The molecule has 0 aliphatic carbocycles. The maximum atomic E-state index is 12.1. The van der Waals surface area contributed by atoms with Crippen LogP contribution in [0.15, 0.2) is 22.7 Å². The van der Waals surface area contributed by atoms with E-state index in [1.165, 1.54) is 6.07 Å². The first-order chi connectivity index (χ1) is 9.35. The molecule has 1 aromatic carbocycles.